The predicted molar refractivity (Wildman–Crippen MR) is 111 cm³/mol. The first-order chi connectivity index (χ1) is 13.5. The summed E-state index contributed by atoms with van der Waals surface area (Å²) < 4.78 is 0.913. The quantitative estimate of drug-likeness (QED) is 0.670. The summed E-state index contributed by atoms with van der Waals surface area (Å²) in [5.74, 6) is -0.222. The largest absolute Gasteiger partial charge is 0.383 e. The molecule has 1 saturated heterocycles. The molecule has 3 heterocycles. The summed E-state index contributed by atoms with van der Waals surface area (Å²) in [5.41, 5.74) is 7.35. The molecule has 0 spiro atoms. The van der Waals surface area contributed by atoms with E-state index in [1.165, 1.54) is 6.42 Å². The lowest BCUT2D eigenvalue weighted by atomic mass is 9.92. The van der Waals surface area contributed by atoms with E-state index in [0.717, 1.165) is 30.4 Å². The first-order valence-corrected chi connectivity index (χ1v) is 10.1. The molecule has 0 unspecified atom stereocenters. The van der Waals surface area contributed by atoms with Gasteiger partial charge in [0.15, 0.2) is 0 Å². The third kappa shape index (κ3) is 3.80. The maximum absolute atomic E-state index is 12.9. The maximum atomic E-state index is 12.9. The third-order valence-corrected chi connectivity index (χ3v) is 5.55. The number of nitrogen functional groups attached to an aromatic ring is 1. The molecule has 146 valence electrons. The third-order valence-electron chi connectivity index (χ3n) is 5.03. The Bertz CT molecular complexity index is 911. The Morgan fingerprint density at radius 3 is 2.61 bits per heavy atom. The second-order valence-electron chi connectivity index (χ2n) is 7.02. The van der Waals surface area contributed by atoms with Crippen LogP contribution in [0.2, 0.25) is 0 Å². The molecule has 1 fully saturated rings. The summed E-state index contributed by atoms with van der Waals surface area (Å²) in [6.45, 7) is 1.72. The van der Waals surface area contributed by atoms with Gasteiger partial charge in [0.05, 0.1) is 11.5 Å². The van der Waals surface area contributed by atoms with E-state index in [1.54, 1.807) is 12.1 Å². The minimum Gasteiger partial charge on any atom is -0.383 e. The zero-order valence-corrected chi connectivity index (χ0v) is 16.8. The normalized spacial score (nSPS) is 19.0. The molecule has 0 bridgehead atoms. The van der Waals surface area contributed by atoms with Crippen LogP contribution in [0.1, 0.15) is 37.2 Å². The van der Waals surface area contributed by atoms with Crippen LogP contribution in [0.5, 0.6) is 0 Å². The van der Waals surface area contributed by atoms with Gasteiger partial charge in [-0.05, 0) is 43.5 Å². The summed E-state index contributed by atoms with van der Waals surface area (Å²) in [5, 5.41) is 5.60. The number of carbonyl (C=O) groups is 2. The van der Waals surface area contributed by atoms with Gasteiger partial charge in [-0.2, -0.15) is 9.97 Å². The Morgan fingerprint density at radius 1 is 1.18 bits per heavy atom. The Labute approximate surface area is 171 Å². The zero-order chi connectivity index (χ0) is 19.7. The highest BCUT2D eigenvalue weighted by molar-refractivity contribution is 9.10. The number of hydrogen-bond acceptors (Lipinski definition) is 6. The van der Waals surface area contributed by atoms with Crippen molar-refractivity contribution in [1.82, 2.24) is 9.97 Å². The lowest BCUT2D eigenvalue weighted by Gasteiger charge is -2.30. The van der Waals surface area contributed by atoms with E-state index < -0.39 is 5.92 Å². The van der Waals surface area contributed by atoms with Gasteiger partial charge in [0, 0.05) is 29.7 Å². The van der Waals surface area contributed by atoms with Crippen LogP contribution < -0.4 is 21.3 Å². The predicted octanol–water partition coefficient (Wildman–Crippen LogP) is 2.88. The number of aromatic nitrogens is 2. The lowest BCUT2D eigenvalue weighted by Crippen LogP contribution is -2.35. The van der Waals surface area contributed by atoms with Crippen molar-refractivity contribution < 1.29 is 9.59 Å². The van der Waals surface area contributed by atoms with Gasteiger partial charge in [-0.25, -0.2) is 0 Å². The van der Waals surface area contributed by atoms with E-state index in [-0.39, 0.29) is 24.1 Å². The smallest absolute Gasteiger partial charge is 0.232 e. The number of rotatable bonds is 3. The molecule has 0 aliphatic carbocycles. The molecule has 8 nitrogen and oxygen atoms in total. The number of piperidine rings is 1. The molecule has 1 aromatic heterocycles. The van der Waals surface area contributed by atoms with E-state index in [4.69, 9.17) is 5.73 Å². The van der Waals surface area contributed by atoms with E-state index in [1.807, 2.05) is 12.1 Å². The van der Waals surface area contributed by atoms with Crippen LogP contribution in [0.3, 0.4) is 0 Å². The monoisotopic (exact) mass is 444 g/mol. The SMILES string of the molecule is Nc1nc(N2CCCCC2)nc2c1[C@@H](C(=O)Nc1ccc(Br)cc1)CC(=O)N2. The van der Waals surface area contributed by atoms with Gasteiger partial charge in [-0.1, -0.05) is 15.9 Å². The second-order valence-corrected chi connectivity index (χ2v) is 7.94. The maximum Gasteiger partial charge on any atom is 0.232 e. The Kier molecular flexibility index (Phi) is 5.17. The molecule has 2 aromatic rings. The van der Waals surface area contributed by atoms with Crippen LogP contribution in [0.25, 0.3) is 0 Å². The highest BCUT2D eigenvalue weighted by Gasteiger charge is 2.35. The fraction of sp³-hybridized carbons (Fsp3) is 0.368. The van der Waals surface area contributed by atoms with E-state index >= 15 is 0 Å². The molecule has 2 aliphatic rings. The van der Waals surface area contributed by atoms with Crippen molar-refractivity contribution in [1.29, 1.82) is 0 Å². The second kappa shape index (κ2) is 7.75. The van der Waals surface area contributed by atoms with Gasteiger partial charge < -0.3 is 21.3 Å². The number of benzene rings is 1. The zero-order valence-electron chi connectivity index (χ0n) is 15.2. The number of anilines is 4. The van der Waals surface area contributed by atoms with Gasteiger partial charge in [0.1, 0.15) is 11.6 Å². The van der Waals surface area contributed by atoms with Crippen molar-refractivity contribution in [2.45, 2.75) is 31.6 Å². The summed E-state index contributed by atoms with van der Waals surface area (Å²) in [4.78, 5) is 36.1. The highest BCUT2D eigenvalue weighted by atomic mass is 79.9. The average molecular weight is 445 g/mol. The molecule has 2 amide bonds. The molecular formula is C19H21BrN6O2. The first kappa shape index (κ1) is 18.7. The number of nitrogens with two attached hydrogens (primary N) is 1. The van der Waals surface area contributed by atoms with Crippen LogP contribution in [-0.4, -0.2) is 34.9 Å². The van der Waals surface area contributed by atoms with Gasteiger partial charge >= 0.3 is 0 Å². The Balaban J connectivity index is 1.63. The standard InChI is InChI=1S/C19H21BrN6O2/c20-11-4-6-12(7-5-11)22-18(28)13-10-14(27)23-17-15(13)16(21)24-19(25-17)26-8-2-1-3-9-26/h4-7,13H,1-3,8-10H2,(H,22,28)(H3,21,23,24,25,27)/t13-/m0/s1. The summed E-state index contributed by atoms with van der Waals surface area (Å²) in [7, 11) is 0. The first-order valence-electron chi connectivity index (χ1n) is 9.30. The molecule has 28 heavy (non-hydrogen) atoms. The van der Waals surface area contributed by atoms with E-state index in [9.17, 15) is 9.59 Å². The van der Waals surface area contributed by atoms with Crippen molar-refractivity contribution in [3.63, 3.8) is 0 Å². The number of nitrogens with one attached hydrogen (secondary N) is 2. The number of nitrogens with zero attached hydrogens (tertiary/aromatic N) is 3. The summed E-state index contributed by atoms with van der Waals surface area (Å²) in [6, 6.07) is 7.23. The van der Waals surface area contributed by atoms with Crippen LogP contribution in [-0.2, 0) is 9.59 Å². The number of carbonyl (C=O) groups excluding carboxylic acids is 2. The number of fused-ring (bicyclic) bond motifs is 1. The van der Waals surface area contributed by atoms with Gasteiger partial charge in [0.2, 0.25) is 17.8 Å². The molecule has 1 aromatic carbocycles. The van der Waals surface area contributed by atoms with Crippen molar-refractivity contribution in [3.8, 4) is 0 Å². The molecule has 0 radical (unpaired) electrons. The van der Waals surface area contributed by atoms with Crippen LogP contribution >= 0.6 is 15.9 Å². The van der Waals surface area contributed by atoms with Crippen molar-refractivity contribution in [2.24, 2.45) is 0 Å². The molecular weight excluding hydrogens is 424 g/mol. The van der Waals surface area contributed by atoms with Crippen molar-refractivity contribution in [3.05, 3.63) is 34.3 Å². The molecule has 4 rings (SSSR count). The fourth-order valence-electron chi connectivity index (χ4n) is 3.61. The van der Waals surface area contributed by atoms with Crippen molar-refractivity contribution >= 4 is 51.0 Å². The number of amides is 2. The molecule has 2 aliphatic heterocycles. The van der Waals surface area contributed by atoms with Crippen LogP contribution in [0.4, 0.5) is 23.3 Å². The number of halogens is 1. The minimum absolute atomic E-state index is 0.00593. The molecule has 0 saturated carbocycles. The van der Waals surface area contributed by atoms with Crippen LogP contribution in [0, 0.1) is 0 Å². The number of hydrogen-bond donors (Lipinski definition) is 3. The Hall–Kier alpha value is -2.68. The summed E-state index contributed by atoms with van der Waals surface area (Å²) >= 11 is 3.36. The minimum atomic E-state index is -0.734. The topological polar surface area (TPSA) is 113 Å². The fourth-order valence-corrected chi connectivity index (χ4v) is 3.87. The van der Waals surface area contributed by atoms with Gasteiger partial charge in [-0.3, -0.25) is 9.59 Å². The van der Waals surface area contributed by atoms with Crippen molar-refractivity contribution in [2.75, 3.05) is 34.4 Å². The van der Waals surface area contributed by atoms with E-state index in [2.05, 4.69) is 41.4 Å². The highest BCUT2D eigenvalue weighted by Crippen LogP contribution is 2.37. The molecule has 1 atom stereocenters. The molecule has 9 heteroatoms. The van der Waals surface area contributed by atoms with Gasteiger partial charge in [-0.15, -0.1) is 0 Å². The lowest BCUT2D eigenvalue weighted by molar-refractivity contribution is -0.123. The Morgan fingerprint density at radius 2 is 1.89 bits per heavy atom. The van der Waals surface area contributed by atoms with Gasteiger partial charge in [0.25, 0.3) is 0 Å². The summed E-state index contributed by atoms with van der Waals surface area (Å²) in [6.07, 6.45) is 3.34. The van der Waals surface area contributed by atoms with E-state index in [0.29, 0.717) is 23.0 Å². The average Bonchev–Trinajstić information content (AvgIpc) is 2.69. The molecule has 4 N–H and O–H groups in total. The van der Waals surface area contributed by atoms with Crippen LogP contribution in [0.15, 0.2) is 28.7 Å².